The molecule has 0 aliphatic heterocycles. The van der Waals surface area contributed by atoms with Crippen molar-refractivity contribution in [2.24, 2.45) is 0 Å². The van der Waals surface area contributed by atoms with Crippen LogP contribution in [0, 0.1) is 0 Å². The molecule has 0 amide bonds. The Bertz CT molecular complexity index is 750. The number of nitrogens with zero attached hydrogens (tertiary/aromatic N) is 1. The van der Waals surface area contributed by atoms with Crippen LogP contribution in [0.1, 0.15) is 29.3 Å². The first-order chi connectivity index (χ1) is 9.99. The molecule has 114 valence electrons. The Morgan fingerprint density at radius 3 is 2.90 bits per heavy atom. The zero-order chi connectivity index (χ0) is 15.0. The van der Waals surface area contributed by atoms with Gasteiger partial charge in [-0.05, 0) is 41.9 Å². The van der Waals surface area contributed by atoms with Gasteiger partial charge in [0.05, 0.1) is 9.48 Å². The summed E-state index contributed by atoms with van der Waals surface area (Å²) >= 11 is 6.08. The van der Waals surface area contributed by atoms with Gasteiger partial charge in [0, 0.05) is 22.7 Å². The van der Waals surface area contributed by atoms with Crippen molar-refractivity contribution >= 4 is 53.8 Å². The molecule has 2 N–H and O–H groups in total. The van der Waals surface area contributed by atoms with E-state index in [2.05, 4.69) is 31.0 Å². The van der Waals surface area contributed by atoms with Crippen molar-refractivity contribution in [2.45, 2.75) is 30.2 Å². The molecule has 0 saturated heterocycles. The number of sulfonamides is 1. The van der Waals surface area contributed by atoms with Crippen molar-refractivity contribution < 1.29 is 8.42 Å². The molecule has 21 heavy (non-hydrogen) atoms. The lowest BCUT2D eigenvalue weighted by Crippen LogP contribution is -2.12. The molecule has 5 nitrogen and oxygen atoms in total. The van der Waals surface area contributed by atoms with Gasteiger partial charge < -0.3 is 5.32 Å². The van der Waals surface area contributed by atoms with Crippen LogP contribution in [-0.2, 0) is 16.6 Å². The number of rotatable bonds is 6. The highest BCUT2D eigenvalue weighted by Crippen LogP contribution is 2.41. The molecular weight excluding hydrogens is 394 g/mol. The molecule has 3 rings (SSSR count). The smallest absolute Gasteiger partial charge is 0.265 e. The third kappa shape index (κ3) is 3.48. The van der Waals surface area contributed by atoms with Gasteiger partial charge in [-0.2, -0.15) is 0 Å². The first kappa shape index (κ1) is 15.4. The van der Waals surface area contributed by atoms with Crippen molar-refractivity contribution in [3.8, 4) is 0 Å². The summed E-state index contributed by atoms with van der Waals surface area (Å²) in [6.07, 6.45) is 2.30. The van der Waals surface area contributed by atoms with E-state index >= 15 is 0 Å². The number of aromatic nitrogens is 1. The number of anilines is 1. The Morgan fingerprint density at radius 2 is 2.24 bits per heavy atom. The molecule has 0 radical (unpaired) electrons. The van der Waals surface area contributed by atoms with E-state index in [9.17, 15) is 8.42 Å². The molecule has 0 aromatic carbocycles. The van der Waals surface area contributed by atoms with Gasteiger partial charge in [-0.3, -0.25) is 4.72 Å². The molecular formula is C12H14BrN3O2S3. The molecule has 9 heteroatoms. The maximum Gasteiger partial charge on any atom is 0.265 e. The monoisotopic (exact) mass is 407 g/mol. The molecule has 1 fully saturated rings. The number of thiazole rings is 1. The molecule has 2 heterocycles. The Balaban J connectivity index is 1.81. The van der Waals surface area contributed by atoms with Crippen LogP contribution in [0.25, 0.3) is 0 Å². The van der Waals surface area contributed by atoms with Crippen LogP contribution >= 0.6 is 38.6 Å². The van der Waals surface area contributed by atoms with Gasteiger partial charge in [0.15, 0.2) is 5.13 Å². The zero-order valence-corrected chi connectivity index (χ0v) is 15.3. The van der Waals surface area contributed by atoms with E-state index < -0.39 is 10.0 Å². The van der Waals surface area contributed by atoms with Crippen molar-refractivity contribution in [1.29, 1.82) is 0 Å². The molecule has 1 saturated carbocycles. The summed E-state index contributed by atoms with van der Waals surface area (Å²) in [5, 5.41) is 5.38. The van der Waals surface area contributed by atoms with E-state index in [4.69, 9.17) is 0 Å². The lowest BCUT2D eigenvalue weighted by atomic mass is 10.3. The summed E-state index contributed by atoms with van der Waals surface area (Å²) < 4.78 is 28.1. The van der Waals surface area contributed by atoms with E-state index in [0.717, 1.165) is 23.4 Å². The second-order valence-corrected chi connectivity index (χ2v) is 9.80. The topological polar surface area (TPSA) is 71.1 Å². The third-order valence-electron chi connectivity index (χ3n) is 3.09. The number of halogens is 1. The van der Waals surface area contributed by atoms with E-state index in [0.29, 0.717) is 21.4 Å². The van der Waals surface area contributed by atoms with Crippen molar-refractivity contribution in [1.82, 2.24) is 10.3 Å². The SMILES string of the molecule is CNCc1cc(S(=O)(=O)Nc2nc(C3CC3)cs2)c(Br)s1. The van der Waals surface area contributed by atoms with Gasteiger partial charge >= 0.3 is 0 Å². The van der Waals surface area contributed by atoms with E-state index in [1.807, 2.05) is 12.4 Å². The quantitative estimate of drug-likeness (QED) is 0.769. The lowest BCUT2D eigenvalue weighted by Gasteiger charge is -2.03. The van der Waals surface area contributed by atoms with Gasteiger partial charge in [-0.1, -0.05) is 0 Å². The van der Waals surface area contributed by atoms with Crippen LogP contribution in [0.3, 0.4) is 0 Å². The molecule has 1 aliphatic rings. The minimum atomic E-state index is -3.60. The molecule has 0 unspecified atom stereocenters. The van der Waals surface area contributed by atoms with Crippen LogP contribution in [0.5, 0.6) is 0 Å². The summed E-state index contributed by atoms with van der Waals surface area (Å²) in [6.45, 7) is 0.641. The molecule has 0 atom stereocenters. The van der Waals surface area contributed by atoms with Crippen LogP contribution in [0.2, 0.25) is 0 Å². The summed E-state index contributed by atoms with van der Waals surface area (Å²) in [7, 11) is -1.77. The average Bonchev–Trinajstić information content (AvgIpc) is 3.05. The fraction of sp³-hybridized carbons (Fsp3) is 0.417. The Kier molecular flexibility index (Phi) is 4.37. The second-order valence-electron chi connectivity index (χ2n) is 4.84. The Hall–Kier alpha value is -0.480. The Labute approximate surface area is 140 Å². The molecule has 0 bridgehead atoms. The predicted molar refractivity (Wildman–Crippen MR) is 89.7 cm³/mol. The molecule has 1 aliphatic carbocycles. The number of nitrogens with one attached hydrogen (secondary N) is 2. The maximum atomic E-state index is 12.4. The van der Waals surface area contributed by atoms with Crippen LogP contribution in [0.4, 0.5) is 5.13 Å². The zero-order valence-electron chi connectivity index (χ0n) is 11.2. The average molecular weight is 408 g/mol. The van der Waals surface area contributed by atoms with Gasteiger partial charge in [-0.15, -0.1) is 22.7 Å². The fourth-order valence-electron chi connectivity index (χ4n) is 1.91. The number of hydrogen-bond donors (Lipinski definition) is 2. The van der Waals surface area contributed by atoms with Crippen molar-refractivity contribution in [3.05, 3.63) is 25.8 Å². The summed E-state index contributed by atoms with van der Waals surface area (Å²) in [5.41, 5.74) is 0.998. The van der Waals surface area contributed by atoms with Gasteiger partial charge in [0.2, 0.25) is 0 Å². The Morgan fingerprint density at radius 1 is 1.48 bits per heavy atom. The highest BCUT2D eigenvalue weighted by molar-refractivity contribution is 9.11. The van der Waals surface area contributed by atoms with Gasteiger partial charge in [0.1, 0.15) is 4.90 Å². The van der Waals surface area contributed by atoms with E-state index in [1.54, 1.807) is 6.07 Å². The summed E-state index contributed by atoms with van der Waals surface area (Å²) in [5.74, 6) is 0.523. The second kappa shape index (κ2) is 5.96. The van der Waals surface area contributed by atoms with Gasteiger partial charge in [0.25, 0.3) is 10.0 Å². The number of hydrogen-bond acceptors (Lipinski definition) is 6. The highest BCUT2D eigenvalue weighted by atomic mass is 79.9. The molecule has 2 aromatic heterocycles. The maximum absolute atomic E-state index is 12.4. The molecule has 2 aromatic rings. The van der Waals surface area contributed by atoms with Crippen LogP contribution < -0.4 is 10.0 Å². The molecule has 0 spiro atoms. The summed E-state index contributed by atoms with van der Waals surface area (Å²) in [4.78, 5) is 5.59. The van der Waals surface area contributed by atoms with Gasteiger partial charge in [-0.25, -0.2) is 13.4 Å². The van der Waals surface area contributed by atoms with E-state index in [-0.39, 0.29) is 4.90 Å². The minimum Gasteiger partial charge on any atom is -0.315 e. The first-order valence-corrected chi connectivity index (χ1v) is 10.4. The standard InChI is InChI=1S/C12H14BrN3O2S3/c1-14-5-8-4-10(11(13)20-8)21(17,18)16-12-15-9(6-19-12)7-2-3-7/h4,6-7,14H,2-3,5H2,1H3,(H,15,16). The highest BCUT2D eigenvalue weighted by Gasteiger charge is 2.27. The minimum absolute atomic E-state index is 0.265. The lowest BCUT2D eigenvalue weighted by molar-refractivity contribution is 0.601. The van der Waals surface area contributed by atoms with Crippen LogP contribution in [0.15, 0.2) is 20.1 Å². The van der Waals surface area contributed by atoms with E-state index in [1.165, 1.54) is 22.7 Å². The number of thiophene rings is 1. The fourth-order valence-corrected chi connectivity index (χ4v) is 6.65. The normalized spacial score (nSPS) is 15.3. The van der Waals surface area contributed by atoms with Crippen molar-refractivity contribution in [3.63, 3.8) is 0 Å². The predicted octanol–water partition coefficient (Wildman–Crippen LogP) is 3.36. The summed E-state index contributed by atoms with van der Waals surface area (Å²) in [6, 6.07) is 1.68. The third-order valence-corrected chi connectivity index (χ3v) is 7.58. The van der Waals surface area contributed by atoms with Crippen molar-refractivity contribution in [2.75, 3.05) is 11.8 Å². The largest absolute Gasteiger partial charge is 0.315 e. The first-order valence-electron chi connectivity index (χ1n) is 6.40. The van der Waals surface area contributed by atoms with Crippen LogP contribution in [-0.4, -0.2) is 20.4 Å².